The summed E-state index contributed by atoms with van der Waals surface area (Å²) < 4.78 is 31.6. The second-order valence-corrected chi connectivity index (χ2v) is 7.30. The van der Waals surface area contributed by atoms with Crippen molar-refractivity contribution in [2.75, 3.05) is 7.11 Å². The van der Waals surface area contributed by atoms with Crippen molar-refractivity contribution in [3.63, 3.8) is 0 Å². The van der Waals surface area contributed by atoms with Gasteiger partial charge in [0.2, 0.25) is 0 Å². The van der Waals surface area contributed by atoms with Crippen molar-refractivity contribution in [3.05, 3.63) is 0 Å². The molecular weight excluding hydrogens is 290 g/mol. The van der Waals surface area contributed by atoms with Gasteiger partial charge in [-0.15, -0.1) is 0 Å². The summed E-state index contributed by atoms with van der Waals surface area (Å²) in [4.78, 5) is 26.9. The van der Waals surface area contributed by atoms with Crippen LogP contribution in [0.25, 0.3) is 0 Å². The number of hydrogen-bond donors (Lipinski definition) is 5. The van der Waals surface area contributed by atoms with Crippen LogP contribution in [0.15, 0.2) is 0 Å². The predicted octanol–water partition coefficient (Wildman–Crippen LogP) is -0.574. The zero-order valence-electron chi connectivity index (χ0n) is 10.1. The minimum Gasteiger partial charge on any atom is -0.390 e. The van der Waals surface area contributed by atoms with Gasteiger partial charge < -0.3 is 34.2 Å². The first-order valence-electron chi connectivity index (χ1n) is 4.88. The van der Waals surface area contributed by atoms with Crippen LogP contribution in [0, 0.1) is 0 Å². The van der Waals surface area contributed by atoms with Gasteiger partial charge in [0, 0.05) is 7.11 Å². The van der Waals surface area contributed by atoms with Crippen LogP contribution in [-0.2, 0) is 18.4 Å². The Kier molecular flexibility index (Phi) is 6.63. The standard InChI is InChI=1S/C7H18O9P2/c1-4(8)7(15-3)18(13,14)16-5(2)6(9)17(10,11)12/h4-9H,1-3H3,(H,13,14)(H2,10,11,12). The molecule has 9 nitrogen and oxygen atoms in total. The monoisotopic (exact) mass is 308 g/mol. The maximum Gasteiger partial charge on any atom is 0.359 e. The third kappa shape index (κ3) is 5.05. The van der Waals surface area contributed by atoms with Gasteiger partial charge in [-0.1, -0.05) is 0 Å². The third-order valence-electron chi connectivity index (χ3n) is 2.06. The fourth-order valence-electron chi connectivity index (χ4n) is 1.23. The molecule has 18 heavy (non-hydrogen) atoms. The summed E-state index contributed by atoms with van der Waals surface area (Å²) in [6.07, 6.45) is -2.96. The van der Waals surface area contributed by atoms with Crippen molar-refractivity contribution in [1.29, 1.82) is 0 Å². The Morgan fingerprint density at radius 2 is 1.50 bits per heavy atom. The molecule has 0 amide bonds. The Morgan fingerprint density at radius 3 is 1.78 bits per heavy atom. The van der Waals surface area contributed by atoms with Gasteiger partial charge in [-0.05, 0) is 13.8 Å². The first-order chi connectivity index (χ1) is 7.93. The number of ether oxygens (including phenoxy) is 1. The predicted molar refractivity (Wildman–Crippen MR) is 60.9 cm³/mol. The molecule has 11 heteroatoms. The van der Waals surface area contributed by atoms with E-state index in [1.165, 1.54) is 6.92 Å². The molecule has 0 saturated carbocycles. The van der Waals surface area contributed by atoms with Crippen molar-refractivity contribution < 1.29 is 43.3 Å². The summed E-state index contributed by atoms with van der Waals surface area (Å²) in [7, 11) is -8.32. The molecule has 0 aromatic carbocycles. The van der Waals surface area contributed by atoms with Crippen LogP contribution in [-0.4, -0.2) is 55.9 Å². The molecule has 0 aromatic rings. The second-order valence-electron chi connectivity index (χ2n) is 3.74. The fourth-order valence-corrected chi connectivity index (χ4v) is 3.46. The van der Waals surface area contributed by atoms with Crippen molar-refractivity contribution in [1.82, 2.24) is 0 Å². The molecule has 5 unspecified atom stereocenters. The van der Waals surface area contributed by atoms with E-state index in [4.69, 9.17) is 9.79 Å². The van der Waals surface area contributed by atoms with E-state index in [2.05, 4.69) is 9.26 Å². The largest absolute Gasteiger partial charge is 0.390 e. The smallest absolute Gasteiger partial charge is 0.359 e. The lowest BCUT2D eigenvalue weighted by atomic mass is 10.4. The molecule has 5 atom stereocenters. The zero-order chi connectivity index (χ0) is 14.7. The topological polar surface area (TPSA) is 154 Å². The van der Waals surface area contributed by atoms with E-state index in [0.29, 0.717) is 0 Å². The van der Waals surface area contributed by atoms with Crippen LogP contribution in [0.1, 0.15) is 13.8 Å². The first kappa shape index (κ1) is 18.2. The zero-order valence-corrected chi connectivity index (χ0v) is 11.9. The van der Waals surface area contributed by atoms with Crippen LogP contribution in [0.5, 0.6) is 0 Å². The van der Waals surface area contributed by atoms with Gasteiger partial charge in [0.15, 0.2) is 11.7 Å². The van der Waals surface area contributed by atoms with Crippen molar-refractivity contribution >= 4 is 15.2 Å². The molecule has 0 rings (SSSR count). The van der Waals surface area contributed by atoms with Gasteiger partial charge in [-0.2, -0.15) is 0 Å². The number of aliphatic hydroxyl groups excluding tert-OH is 2. The molecule has 0 fully saturated rings. The normalized spacial score (nSPS) is 22.9. The molecule has 0 aliphatic carbocycles. The minimum absolute atomic E-state index is 1.02. The number of methoxy groups -OCH3 is 1. The third-order valence-corrected chi connectivity index (χ3v) is 5.09. The average molecular weight is 308 g/mol. The Balaban J connectivity index is 4.88. The summed E-state index contributed by atoms with van der Waals surface area (Å²) in [5, 5.41) is 18.4. The summed E-state index contributed by atoms with van der Waals surface area (Å²) in [5.41, 5.74) is 0. The summed E-state index contributed by atoms with van der Waals surface area (Å²) in [6, 6.07) is 0. The molecule has 0 spiro atoms. The Morgan fingerprint density at radius 1 is 1.06 bits per heavy atom. The summed E-state index contributed by atoms with van der Waals surface area (Å²) >= 11 is 0. The van der Waals surface area contributed by atoms with E-state index in [0.717, 1.165) is 14.0 Å². The van der Waals surface area contributed by atoms with Crippen molar-refractivity contribution in [2.24, 2.45) is 0 Å². The van der Waals surface area contributed by atoms with Gasteiger partial charge in [0.25, 0.3) is 0 Å². The Labute approximate surface area is 104 Å². The van der Waals surface area contributed by atoms with Crippen LogP contribution in [0.3, 0.4) is 0 Å². The molecule has 0 saturated heterocycles. The summed E-state index contributed by atoms with van der Waals surface area (Å²) in [5.74, 6) is -3.83. The second kappa shape index (κ2) is 6.56. The average Bonchev–Trinajstić information content (AvgIpc) is 2.13. The number of hydrogen-bond acceptors (Lipinski definition) is 6. The van der Waals surface area contributed by atoms with Gasteiger partial charge in [0.1, 0.15) is 6.10 Å². The minimum atomic E-state index is -4.87. The quantitative estimate of drug-likeness (QED) is 0.389. The molecule has 0 bridgehead atoms. The van der Waals surface area contributed by atoms with Crippen LogP contribution in [0.4, 0.5) is 0 Å². The van der Waals surface area contributed by atoms with Crippen molar-refractivity contribution in [2.45, 2.75) is 37.7 Å². The molecule has 0 heterocycles. The van der Waals surface area contributed by atoms with E-state index in [1.807, 2.05) is 0 Å². The molecule has 0 aliphatic heterocycles. The SMILES string of the molecule is COC(C(C)O)P(=O)(O)OC(C)C(O)P(=O)(O)O. The van der Waals surface area contributed by atoms with E-state index < -0.39 is 39.1 Å². The first-order valence-corrected chi connectivity index (χ1v) is 8.21. The van der Waals surface area contributed by atoms with E-state index in [-0.39, 0.29) is 0 Å². The Bertz CT molecular complexity index is 351. The van der Waals surface area contributed by atoms with Gasteiger partial charge in [-0.25, -0.2) is 0 Å². The van der Waals surface area contributed by atoms with E-state index >= 15 is 0 Å². The lowest BCUT2D eigenvalue weighted by Gasteiger charge is -2.28. The molecule has 5 N–H and O–H groups in total. The maximum atomic E-state index is 11.7. The highest BCUT2D eigenvalue weighted by molar-refractivity contribution is 7.54. The fraction of sp³-hybridized carbons (Fsp3) is 1.00. The van der Waals surface area contributed by atoms with Crippen LogP contribution in [0.2, 0.25) is 0 Å². The highest BCUT2D eigenvalue weighted by Gasteiger charge is 2.42. The number of rotatable bonds is 7. The molecular formula is C7H18O9P2. The van der Waals surface area contributed by atoms with Crippen molar-refractivity contribution in [3.8, 4) is 0 Å². The lowest BCUT2D eigenvalue weighted by Crippen LogP contribution is -2.31. The van der Waals surface area contributed by atoms with Gasteiger partial charge in [-0.3, -0.25) is 9.13 Å². The maximum absolute atomic E-state index is 11.7. The van der Waals surface area contributed by atoms with Crippen LogP contribution >= 0.6 is 15.2 Å². The molecule has 0 radical (unpaired) electrons. The molecule has 110 valence electrons. The lowest BCUT2D eigenvalue weighted by molar-refractivity contribution is 0.0108. The van der Waals surface area contributed by atoms with Gasteiger partial charge >= 0.3 is 15.2 Å². The van der Waals surface area contributed by atoms with Gasteiger partial charge in [0.05, 0.1) is 6.10 Å². The van der Waals surface area contributed by atoms with E-state index in [1.54, 1.807) is 0 Å². The number of aliphatic hydroxyl groups is 2. The molecule has 0 aromatic heterocycles. The highest BCUT2D eigenvalue weighted by Crippen LogP contribution is 2.53. The molecule has 0 aliphatic rings. The summed E-state index contributed by atoms with van der Waals surface area (Å²) in [6.45, 7) is 2.20. The highest BCUT2D eigenvalue weighted by atomic mass is 31.2. The van der Waals surface area contributed by atoms with E-state index in [9.17, 15) is 24.2 Å². The van der Waals surface area contributed by atoms with Crippen LogP contribution < -0.4 is 0 Å². The Hall–Kier alpha value is 0.180.